The van der Waals surface area contributed by atoms with Crippen LogP contribution < -0.4 is 5.32 Å². The third-order valence-corrected chi connectivity index (χ3v) is 6.20. The van der Waals surface area contributed by atoms with Crippen molar-refractivity contribution in [2.24, 2.45) is 0 Å². The molecule has 0 aliphatic carbocycles. The highest BCUT2D eigenvalue weighted by atomic mass is 32.1. The smallest absolute Gasteiger partial charge is 0.240 e. The molecule has 26 heavy (non-hydrogen) atoms. The molecule has 1 aliphatic heterocycles. The van der Waals surface area contributed by atoms with Gasteiger partial charge in [-0.05, 0) is 55.1 Å². The Labute approximate surface area is 159 Å². The van der Waals surface area contributed by atoms with E-state index in [4.69, 9.17) is 0 Å². The third kappa shape index (κ3) is 3.85. The molecule has 0 spiro atoms. The van der Waals surface area contributed by atoms with Crippen LogP contribution in [0.2, 0.25) is 0 Å². The molecule has 134 valence electrons. The number of amides is 1. The average molecular weight is 388 g/mol. The molecule has 0 bridgehead atoms. The second-order valence-electron chi connectivity index (χ2n) is 6.24. The molecule has 2 aromatic heterocycles. The van der Waals surface area contributed by atoms with Gasteiger partial charge in [0.2, 0.25) is 5.91 Å². The Kier molecular flexibility index (Phi) is 5.10. The van der Waals surface area contributed by atoms with Crippen LogP contribution in [0.5, 0.6) is 0 Å². The monoisotopic (exact) mass is 387 g/mol. The summed E-state index contributed by atoms with van der Waals surface area (Å²) in [6.07, 6.45) is 2.21. The molecule has 1 aliphatic rings. The fourth-order valence-corrected chi connectivity index (χ4v) is 4.88. The van der Waals surface area contributed by atoms with E-state index in [-0.39, 0.29) is 11.7 Å². The lowest BCUT2D eigenvalue weighted by atomic mass is 10.2. The fraction of sp³-hybridized carbons (Fsp3) is 0.263. The minimum atomic E-state index is -0.275. The molecule has 1 N–H and O–H groups in total. The number of halogens is 1. The molecular formula is C19H18FN3OS2. The van der Waals surface area contributed by atoms with E-state index in [1.807, 2.05) is 5.38 Å². The van der Waals surface area contributed by atoms with Crippen LogP contribution in [0.4, 0.5) is 9.52 Å². The fourth-order valence-electron chi connectivity index (χ4n) is 3.25. The van der Waals surface area contributed by atoms with Crippen molar-refractivity contribution in [1.82, 2.24) is 9.88 Å². The predicted molar refractivity (Wildman–Crippen MR) is 104 cm³/mol. The van der Waals surface area contributed by atoms with Gasteiger partial charge in [0.15, 0.2) is 5.13 Å². The number of likely N-dealkylation sites (tertiary alicyclic amines) is 1. The number of thiazole rings is 1. The molecule has 1 aromatic carbocycles. The van der Waals surface area contributed by atoms with Gasteiger partial charge in [0.1, 0.15) is 5.82 Å². The zero-order valence-corrected chi connectivity index (χ0v) is 15.7. The first-order valence-electron chi connectivity index (χ1n) is 8.48. The molecule has 1 fully saturated rings. The molecule has 1 saturated heterocycles. The lowest BCUT2D eigenvalue weighted by Crippen LogP contribution is -2.32. The zero-order chi connectivity index (χ0) is 17.9. The Morgan fingerprint density at radius 1 is 1.27 bits per heavy atom. The lowest BCUT2D eigenvalue weighted by molar-refractivity contribution is -0.117. The van der Waals surface area contributed by atoms with Gasteiger partial charge in [-0.25, -0.2) is 9.37 Å². The molecule has 0 saturated carbocycles. The van der Waals surface area contributed by atoms with Gasteiger partial charge < -0.3 is 5.32 Å². The number of anilines is 1. The van der Waals surface area contributed by atoms with E-state index in [9.17, 15) is 9.18 Å². The maximum Gasteiger partial charge on any atom is 0.240 e. The Balaban J connectivity index is 1.38. The van der Waals surface area contributed by atoms with E-state index >= 15 is 0 Å². The molecule has 1 atom stereocenters. The SMILES string of the molecule is O=C(CN1CCCC1c1cccs1)Nc1nc(-c2ccc(F)cc2)cs1. The number of hydrogen-bond acceptors (Lipinski definition) is 5. The van der Waals surface area contributed by atoms with Gasteiger partial charge in [-0.2, -0.15) is 0 Å². The van der Waals surface area contributed by atoms with Gasteiger partial charge in [-0.3, -0.25) is 9.69 Å². The molecule has 4 nitrogen and oxygen atoms in total. The number of thiophene rings is 1. The summed E-state index contributed by atoms with van der Waals surface area (Å²) in [5, 5.41) is 7.41. The summed E-state index contributed by atoms with van der Waals surface area (Å²) in [6.45, 7) is 1.31. The van der Waals surface area contributed by atoms with E-state index in [0.717, 1.165) is 30.6 Å². The number of aromatic nitrogens is 1. The van der Waals surface area contributed by atoms with Crippen LogP contribution in [-0.4, -0.2) is 28.9 Å². The number of hydrogen-bond donors (Lipinski definition) is 1. The van der Waals surface area contributed by atoms with E-state index in [2.05, 4.69) is 32.7 Å². The van der Waals surface area contributed by atoms with Crippen LogP contribution in [0.25, 0.3) is 11.3 Å². The van der Waals surface area contributed by atoms with Crippen molar-refractivity contribution >= 4 is 33.7 Å². The normalized spacial score (nSPS) is 17.5. The summed E-state index contributed by atoms with van der Waals surface area (Å²) in [6, 6.07) is 10.7. The highest BCUT2D eigenvalue weighted by Crippen LogP contribution is 2.34. The number of nitrogens with one attached hydrogen (secondary N) is 1. The number of carbonyl (C=O) groups excluding carboxylic acids is 1. The molecule has 1 amide bonds. The first-order valence-corrected chi connectivity index (χ1v) is 10.2. The predicted octanol–water partition coefficient (Wildman–Crippen LogP) is 4.79. The maximum atomic E-state index is 13.0. The highest BCUT2D eigenvalue weighted by Gasteiger charge is 2.28. The largest absolute Gasteiger partial charge is 0.301 e. The van der Waals surface area contributed by atoms with E-state index in [1.54, 1.807) is 23.5 Å². The number of benzene rings is 1. The minimum absolute atomic E-state index is 0.0477. The zero-order valence-electron chi connectivity index (χ0n) is 14.0. The van der Waals surface area contributed by atoms with Crippen molar-refractivity contribution in [3.05, 3.63) is 57.9 Å². The van der Waals surface area contributed by atoms with Gasteiger partial charge in [-0.1, -0.05) is 6.07 Å². The van der Waals surface area contributed by atoms with E-state index in [0.29, 0.717) is 17.7 Å². The highest BCUT2D eigenvalue weighted by molar-refractivity contribution is 7.14. The van der Waals surface area contributed by atoms with Crippen LogP contribution in [0.1, 0.15) is 23.8 Å². The van der Waals surface area contributed by atoms with E-state index in [1.165, 1.54) is 28.3 Å². The first kappa shape index (κ1) is 17.3. The Bertz CT molecular complexity index is 877. The Morgan fingerprint density at radius 2 is 2.12 bits per heavy atom. The summed E-state index contributed by atoms with van der Waals surface area (Å²) >= 11 is 3.13. The van der Waals surface area contributed by atoms with Crippen molar-refractivity contribution in [2.75, 3.05) is 18.4 Å². The molecule has 0 radical (unpaired) electrons. The summed E-state index contributed by atoms with van der Waals surface area (Å²) in [5.74, 6) is -0.322. The van der Waals surface area contributed by atoms with Crippen molar-refractivity contribution < 1.29 is 9.18 Å². The minimum Gasteiger partial charge on any atom is -0.301 e. The van der Waals surface area contributed by atoms with Gasteiger partial charge in [0.05, 0.1) is 12.2 Å². The lowest BCUT2D eigenvalue weighted by Gasteiger charge is -2.22. The van der Waals surface area contributed by atoms with Crippen LogP contribution in [0.3, 0.4) is 0 Å². The quantitative estimate of drug-likeness (QED) is 0.685. The molecule has 4 rings (SSSR count). The van der Waals surface area contributed by atoms with Crippen molar-refractivity contribution in [2.45, 2.75) is 18.9 Å². The van der Waals surface area contributed by atoms with Crippen LogP contribution >= 0.6 is 22.7 Å². The summed E-state index contributed by atoms with van der Waals surface area (Å²) in [4.78, 5) is 20.4. The summed E-state index contributed by atoms with van der Waals surface area (Å²) < 4.78 is 13.0. The molecular weight excluding hydrogens is 369 g/mol. The van der Waals surface area contributed by atoms with Crippen molar-refractivity contribution in [3.63, 3.8) is 0 Å². The first-order chi connectivity index (χ1) is 12.7. The van der Waals surface area contributed by atoms with Gasteiger partial charge in [-0.15, -0.1) is 22.7 Å². The van der Waals surface area contributed by atoms with Crippen molar-refractivity contribution in [3.8, 4) is 11.3 Å². The average Bonchev–Trinajstić information content (AvgIpc) is 3.36. The number of carbonyl (C=O) groups is 1. The second-order valence-corrected chi connectivity index (χ2v) is 8.07. The molecule has 3 heterocycles. The van der Waals surface area contributed by atoms with Crippen LogP contribution in [-0.2, 0) is 4.79 Å². The van der Waals surface area contributed by atoms with Crippen LogP contribution in [0.15, 0.2) is 47.2 Å². The second kappa shape index (κ2) is 7.65. The van der Waals surface area contributed by atoms with Gasteiger partial charge in [0, 0.05) is 21.9 Å². The molecule has 3 aromatic rings. The van der Waals surface area contributed by atoms with Gasteiger partial charge in [0.25, 0.3) is 0 Å². The summed E-state index contributed by atoms with van der Waals surface area (Å²) in [5.41, 5.74) is 1.57. The molecule has 7 heteroatoms. The Morgan fingerprint density at radius 3 is 2.88 bits per heavy atom. The van der Waals surface area contributed by atoms with E-state index < -0.39 is 0 Å². The maximum absolute atomic E-state index is 13.0. The number of nitrogens with zero attached hydrogens (tertiary/aromatic N) is 2. The van der Waals surface area contributed by atoms with Crippen molar-refractivity contribution in [1.29, 1.82) is 0 Å². The third-order valence-electron chi connectivity index (χ3n) is 4.47. The topological polar surface area (TPSA) is 45.2 Å². The Hall–Kier alpha value is -2.09. The summed E-state index contributed by atoms with van der Waals surface area (Å²) in [7, 11) is 0. The standard InChI is InChI=1S/C19H18FN3OS2/c20-14-7-5-13(6-8-14)15-12-26-19(21-15)22-18(24)11-23-9-1-3-16(23)17-4-2-10-25-17/h2,4-8,10,12,16H,1,3,9,11H2,(H,21,22,24). The van der Waals surface area contributed by atoms with Gasteiger partial charge >= 0.3 is 0 Å². The number of rotatable bonds is 5. The van der Waals surface area contributed by atoms with Crippen LogP contribution in [0, 0.1) is 5.82 Å². The molecule has 1 unspecified atom stereocenters.